The van der Waals surface area contributed by atoms with Crippen molar-refractivity contribution in [3.05, 3.63) is 0 Å². The van der Waals surface area contributed by atoms with Crippen LogP contribution in [0, 0.1) is 5.41 Å². The molecule has 16 heavy (non-hydrogen) atoms. The number of carbonyl (C=O) groups is 2. The molecule has 0 radical (unpaired) electrons. The Morgan fingerprint density at radius 3 is 2.00 bits per heavy atom. The topological polar surface area (TPSA) is 80.4 Å². The van der Waals surface area contributed by atoms with Crippen LogP contribution < -0.4 is 5.73 Å². The minimum Gasteiger partial charge on any atom is -0.481 e. The fourth-order valence-corrected chi connectivity index (χ4v) is 2.20. The molecule has 0 bridgehead atoms. The minimum atomic E-state index is -1.02. The summed E-state index contributed by atoms with van der Waals surface area (Å²) in [6, 6.07) is -0.874. The van der Waals surface area contributed by atoms with Crippen LogP contribution in [0.25, 0.3) is 0 Å². The van der Waals surface area contributed by atoms with E-state index in [0.717, 1.165) is 25.7 Å². The summed E-state index contributed by atoms with van der Waals surface area (Å²) in [6.07, 6.45) is 3.08. The predicted octanol–water partition coefficient (Wildman–Crippen LogP) is 1.96. The fraction of sp³-hybridized carbons (Fsp3) is 0.833. The second kappa shape index (κ2) is 6.63. The Morgan fingerprint density at radius 2 is 1.69 bits per heavy atom. The fourth-order valence-electron chi connectivity index (χ4n) is 2.20. The van der Waals surface area contributed by atoms with E-state index in [1.807, 2.05) is 20.8 Å². The molecular weight excluding hydrogens is 206 g/mol. The lowest BCUT2D eigenvalue weighted by atomic mass is 9.74. The summed E-state index contributed by atoms with van der Waals surface area (Å²) in [5.41, 5.74) is 5.17. The molecule has 0 amide bonds. The number of carboxylic acid groups (broad SMARTS) is 1. The summed E-state index contributed by atoms with van der Waals surface area (Å²) in [5, 5.41) is 8.63. The molecule has 3 N–H and O–H groups in total. The molecule has 0 fully saturated rings. The van der Waals surface area contributed by atoms with Crippen LogP contribution >= 0.6 is 0 Å². The predicted molar refractivity (Wildman–Crippen MR) is 63.2 cm³/mol. The summed E-state index contributed by atoms with van der Waals surface area (Å²) in [5.74, 6) is -1.13. The summed E-state index contributed by atoms with van der Waals surface area (Å²) < 4.78 is 0. The summed E-state index contributed by atoms with van der Waals surface area (Å²) in [4.78, 5) is 22.6. The second-order valence-corrected chi connectivity index (χ2v) is 4.63. The van der Waals surface area contributed by atoms with E-state index in [9.17, 15) is 9.59 Å². The second-order valence-electron chi connectivity index (χ2n) is 4.63. The van der Waals surface area contributed by atoms with Crippen LogP contribution in [0.3, 0.4) is 0 Å². The Morgan fingerprint density at radius 1 is 1.25 bits per heavy atom. The van der Waals surface area contributed by atoms with Crippen molar-refractivity contribution in [1.29, 1.82) is 0 Å². The first-order valence-electron chi connectivity index (χ1n) is 5.89. The number of hydrogen-bond donors (Lipinski definition) is 2. The molecule has 0 heterocycles. The van der Waals surface area contributed by atoms with Gasteiger partial charge in [-0.05, 0) is 12.8 Å². The number of ketones is 1. The Bertz CT molecular complexity index is 245. The molecule has 1 unspecified atom stereocenters. The number of carbonyl (C=O) groups excluding carboxylic acids is 1. The van der Waals surface area contributed by atoms with Gasteiger partial charge in [0.2, 0.25) is 0 Å². The van der Waals surface area contributed by atoms with Crippen LogP contribution in [0.15, 0.2) is 0 Å². The maximum Gasteiger partial charge on any atom is 0.305 e. The van der Waals surface area contributed by atoms with Crippen molar-refractivity contribution in [2.24, 2.45) is 11.1 Å². The largest absolute Gasteiger partial charge is 0.481 e. The lowest BCUT2D eigenvalue weighted by Gasteiger charge is -2.29. The number of carboxylic acids is 1. The Balaban J connectivity index is 4.65. The molecule has 94 valence electrons. The van der Waals surface area contributed by atoms with Crippen molar-refractivity contribution in [3.63, 3.8) is 0 Å². The van der Waals surface area contributed by atoms with E-state index in [0.29, 0.717) is 0 Å². The number of nitrogens with two attached hydrogens (primary N) is 1. The van der Waals surface area contributed by atoms with E-state index in [-0.39, 0.29) is 12.2 Å². The number of aliphatic carboxylic acids is 1. The first-order valence-corrected chi connectivity index (χ1v) is 5.89. The molecule has 0 aromatic heterocycles. The van der Waals surface area contributed by atoms with E-state index in [4.69, 9.17) is 10.8 Å². The third-order valence-corrected chi connectivity index (χ3v) is 2.93. The molecule has 4 heteroatoms. The van der Waals surface area contributed by atoms with Crippen molar-refractivity contribution in [1.82, 2.24) is 0 Å². The Hall–Kier alpha value is -0.900. The maximum absolute atomic E-state index is 12.1. The van der Waals surface area contributed by atoms with E-state index in [2.05, 4.69) is 0 Å². The number of hydrogen-bond acceptors (Lipinski definition) is 3. The molecule has 0 aliphatic carbocycles. The molecule has 0 saturated carbocycles. The lowest BCUT2D eigenvalue weighted by molar-refractivity contribution is -0.141. The van der Waals surface area contributed by atoms with Gasteiger partial charge in [0.15, 0.2) is 5.78 Å². The maximum atomic E-state index is 12.1. The first-order chi connectivity index (χ1) is 7.37. The van der Waals surface area contributed by atoms with Crippen molar-refractivity contribution < 1.29 is 14.7 Å². The zero-order chi connectivity index (χ0) is 12.8. The summed E-state index contributed by atoms with van der Waals surface area (Å²) >= 11 is 0. The molecule has 0 aromatic rings. The Labute approximate surface area is 97.2 Å². The third kappa shape index (κ3) is 4.31. The van der Waals surface area contributed by atoms with Crippen molar-refractivity contribution in [2.75, 3.05) is 0 Å². The monoisotopic (exact) mass is 229 g/mol. The van der Waals surface area contributed by atoms with Crippen LogP contribution in [0.4, 0.5) is 0 Å². The highest BCUT2D eigenvalue weighted by atomic mass is 16.4. The normalized spacial score (nSPS) is 13.5. The average Bonchev–Trinajstić information content (AvgIpc) is 2.16. The van der Waals surface area contributed by atoms with Gasteiger partial charge in [0.1, 0.15) is 0 Å². The van der Waals surface area contributed by atoms with Gasteiger partial charge in [-0.15, -0.1) is 0 Å². The van der Waals surface area contributed by atoms with Crippen LogP contribution in [-0.2, 0) is 9.59 Å². The highest BCUT2D eigenvalue weighted by Gasteiger charge is 2.35. The van der Waals surface area contributed by atoms with Gasteiger partial charge in [-0.3, -0.25) is 9.59 Å². The third-order valence-electron chi connectivity index (χ3n) is 2.93. The van der Waals surface area contributed by atoms with Gasteiger partial charge in [0.25, 0.3) is 0 Å². The molecule has 0 rings (SSSR count). The first kappa shape index (κ1) is 15.1. The van der Waals surface area contributed by atoms with Crippen LogP contribution in [0.1, 0.15) is 52.9 Å². The molecule has 0 aliphatic heterocycles. The van der Waals surface area contributed by atoms with Crippen LogP contribution in [0.2, 0.25) is 0 Å². The molecule has 0 aliphatic rings. The number of rotatable bonds is 8. The van der Waals surface area contributed by atoms with Crippen molar-refractivity contribution in [2.45, 2.75) is 58.9 Å². The van der Waals surface area contributed by atoms with E-state index in [1.54, 1.807) is 0 Å². The van der Waals surface area contributed by atoms with Crippen molar-refractivity contribution >= 4 is 11.8 Å². The molecule has 0 spiro atoms. The van der Waals surface area contributed by atoms with Crippen LogP contribution in [0.5, 0.6) is 0 Å². The van der Waals surface area contributed by atoms with Gasteiger partial charge in [0.05, 0.1) is 12.5 Å². The van der Waals surface area contributed by atoms with Gasteiger partial charge < -0.3 is 10.8 Å². The quantitative estimate of drug-likeness (QED) is 0.666. The minimum absolute atomic E-state index is 0.112. The lowest BCUT2D eigenvalue weighted by Crippen LogP contribution is -2.43. The highest BCUT2D eigenvalue weighted by molar-refractivity contribution is 5.91. The van der Waals surface area contributed by atoms with Gasteiger partial charge in [0, 0.05) is 5.41 Å². The van der Waals surface area contributed by atoms with Gasteiger partial charge in [-0.25, -0.2) is 0 Å². The molecular formula is C12H23NO3. The molecule has 0 saturated heterocycles. The SMILES string of the molecule is CCCC(C)(CCC)C(=O)C(N)CC(=O)O. The van der Waals surface area contributed by atoms with Gasteiger partial charge in [-0.2, -0.15) is 0 Å². The highest BCUT2D eigenvalue weighted by Crippen LogP contribution is 2.31. The molecule has 4 nitrogen and oxygen atoms in total. The van der Waals surface area contributed by atoms with Gasteiger partial charge in [-0.1, -0.05) is 33.6 Å². The Kier molecular flexibility index (Phi) is 6.26. The van der Waals surface area contributed by atoms with E-state index < -0.39 is 17.4 Å². The summed E-state index contributed by atoms with van der Waals surface area (Å²) in [7, 11) is 0. The zero-order valence-corrected chi connectivity index (χ0v) is 10.5. The average molecular weight is 229 g/mol. The molecule has 1 atom stereocenters. The van der Waals surface area contributed by atoms with Crippen LogP contribution in [-0.4, -0.2) is 22.9 Å². The van der Waals surface area contributed by atoms with E-state index >= 15 is 0 Å². The zero-order valence-electron chi connectivity index (χ0n) is 10.5. The molecule has 0 aromatic carbocycles. The van der Waals surface area contributed by atoms with Gasteiger partial charge >= 0.3 is 5.97 Å². The van der Waals surface area contributed by atoms with Crippen molar-refractivity contribution in [3.8, 4) is 0 Å². The smallest absolute Gasteiger partial charge is 0.305 e. The summed E-state index contributed by atoms with van der Waals surface area (Å²) in [6.45, 7) is 5.93. The van der Waals surface area contributed by atoms with E-state index in [1.165, 1.54) is 0 Å². The number of Topliss-reactive ketones (excluding diaryl/α,β-unsaturated/α-hetero) is 1. The standard InChI is InChI=1S/C12H23NO3/c1-4-6-12(3,7-5-2)11(16)9(13)8-10(14)15/h9H,4-8,13H2,1-3H3,(H,14,15).